The van der Waals surface area contributed by atoms with Gasteiger partial charge in [-0.25, -0.2) is 0 Å². The molecule has 0 bridgehead atoms. The molecule has 2 aromatic rings. The largest absolute Gasteiger partial charge is 0.334 e. The Kier molecular flexibility index (Phi) is 4.13. The summed E-state index contributed by atoms with van der Waals surface area (Å²) in [6.45, 7) is 4.57. The lowest BCUT2D eigenvalue weighted by Crippen LogP contribution is -2.25. The molecule has 1 aromatic carbocycles. The highest BCUT2D eigenvalue weighted by Gasteiger charge is 2.28. The lowest BCUT2D eigenvalue weighted by molar-refractivity contribution is 0.572. The Morgan fingerprint density at radius 3 is 2.70 bits per heavy atom. The Bertz CT molecular complexity index is 576. The van der Waals surface area contributed by atoms with E-state index in [1.807, 2.05) is 23.5 Å². The molecule has 0 radical (unpaired) electrons. The number of nitrogens with zero attached hydrogens (tertiary/aromatic N) is 2. The molecule has 0 amide bonds. The normalized spacial score (nSPS) is 18.6. The highest BCUT2D eigenvalue weighted by molar-refractivity contribution is 8.09. The summed E-state index contributed by atoms with van der Waals surface area (Å²) in [4.78, 5) is 9.20. The lowest BCUT2D eigenvalue weighted by Gasteiger charge is -2.26. The minimum absolute atomic E-state index is 0.481. The van der Waals surface area contributed by atoms with Crippen LogP contribution in [0.4, 0.5) is 5.69 Å². The quantitative estimate of drug-likeness (QED) is 0.784. The molecule has 104 valence electrons. The van der Waals surface area contributed by atoms with Crippen molar-refractivity contribution >= 4 is 33.7 Å². The minimum atomic E-state index is 0.481. The molecule has 1 unspecified atom stereocenters. The summed E-state index contributed by atoms with van der Waals surface area (Å²) in [5.41, 5.74) is 3.17. The molecule has 4 heteroatoms. The summed E-state index contributed by atoms with van der Waals surface area (Å²) < 4.78 is 0. The summed E-state index contributed by atoms with van der Waals surface area (Å²) in [6, 6.07) is 10.6. The molecule has 20 heavy (non-hydrogen) atoms. The maximum Gasteiger partial charge on any atom is 0.0843 e. The molecule has 0 saturated heterocycles. The van der Waals surface area contributed by atoms with Crippen LogP contribution in [0.5, 0.6) is 0 Å². The number of aromatic nitrogens is 1. The number of thioether (sulfide) groups is 1. The van der Waals surface area contributed by atoms with Gasteiger partial charge in [0, 0.05) is 23.0 Å². The molecule has 0 N–H and O–H groups in total. The SMILES string of the molecule is CC(C)CC1SC(c2cncs2)=CN1c1ccccc1. The van der Waals surface area contributed by atoms with Gasteiger partial charge in [0.1, 0.15) is 0 Å². The maximum atomic E-state index is 4.20. The second-order valence-electron chi connectivity index (χ2n) is 5.30. The zero-order chi connectivity index (χ0) is 13.9. The van der Waals surface area contributed by atoms with E-state index in [-0.39, 0.29) is 0 Å². The number of rotatable bonds is 4. The molecule has 0 saturated carbocycles. The van der Waals surface area contributed by atoms with Crippen LogP contribution in [0.2, 0.25) is 0 Å². The highest BCUT2D eigenvalue weighted by atomic mass is 32.2. The van der Waals surface area contributed by atoms with Crippen molar-refractivity contribution < 1.29 is 0 Å². The third-order valence-electron chi connectivity index (χ3n) is 3.23. The van der Waals surface area contributed by atoms with Gasteiger partial charge < -0.3 is 4.90 Å². The number of hydrogen-bond acceptors (Lipinski definition) is 4. The zero-order valence-electron chi connectivity index (χ0n) is 11.7. The Morgan fingerprint density at radius 1 is 1.25 bits per heavy atom. The van der Waals surface area contributed by atoms with Crippen LogP contribution >= 0.6 is 23.1 Å². The van der Waals surface area contributed by atoms with Gasteiger partial charge in [-0.1, -0.05) is 43.8 Å². The van der Waals surface area contributed by atoms with Gasteiger partial charge in [-0.2, -0.15) is 0 Å². The van der Waals surface area contributed by atoms with Crippen LogP contribution in [0.1, 0.15) is 25.1 Å². The van der Waals surface area contributed by atoms with E-state index in [0.717, 1.165) is 0 Å². The van der Waals surface area contributed by atoms with Crippen LogP contribution in [-0.2, 0) is 0 Å². The van der Waals surface area contributed by atoms with Crippen LogP contribution in [0.25, 0.3) is 4.91 Å². The van der Waals surface area contributed by atoms with Crippen molar-refractivity contribution in [3.8, 4) is 0 Å². The molecular formula is C16H18N2S2. The van der Waals surface area contributed by atoms with Crippen molar-refractivity contribution in [1.82, 2.24) is 4.98 Å². The third kappa shape index (κ3) is 2.91. The fourth-order valence-electron chi connectivity index (χ4n) is 2.31. The number of para-hydroxylation sites is 1. The van der Waals surface area contributed by atoms with Crippen molar-refractivity contribution in [3.63, 3.8) is 0 Å². The Balaban J connectivity index is 1.90. The molecule has 2 heterocycles. The molecule has 1 aromatic heterocycles. The first kappa shape index (κ1) is 13.7. The lowest BCUT2D eigenvalue weighted by atomic mass is 10.1. The summed E-state index contributed by atoms with van der Waals surface area (Å²) in [6.07, 6.45) is 5.42. The van der Waals surface area contributed by atoms with Crippen LogP contribution < -0.4 is 4.90 Å². The minimum Gasteiger partial charge on any atom is -0.334 e. The van der Waals surface area contributed by atoms with Crippen molar-refractivity contribution in [2.24, 2.45) is 5.92 Å². The summed E-state index contributed by atoms with van der Waals surface area (Å²) in [5.74, 6) is 0.688. The first-order valence-electron chi connectivity index (χ1n) is 6.85. The number of anilines is 1. The fourth-order valence-corrected chi connectivity index (χ4v) is 4.54. The number of hydrogen-bond donors (Lipinski definition) is 0. The van der Waals surface area contributed by atoms with Crippen molar-refractivity contribution in [2.45, 2.75) is 25.6 Å². The van der Waals surface area contributed by atoms with Gasteiger partial charge in [-0.3, -0.25) is 4.98 Å². The highest BCUT2D eigenvalue weighted by Crippen LogP contribution is 2.44. The summed E-state index contributed by atoms with van der Waals surface area (Å²) >= 11 is 3.67. The molecule has 0 spiro atoms. The first-order valence-corrected chi connectivity index (χ1v) is 8.60. The van der Waals surface area contributed by atoms with Crippen molar-refractivity contribution in [1.29, 1.82) is 0 Å². The smallest absolute Gasteiger partial charge is 0.0843 e. The topological polar surface area (TPSA) is 16.1 Å². The second-order valence-corrected chi connectivity index (χ2v) is 7.41. The van der Waals surface area contributed by atoms with Gasteiger partial charge in [-0.15, -0.1) is 11.3 Å². The van der Waals surface area contributed by atoms with Gasteiger partial charge >= 0.3 is 0 Å². The standard InChI is InChI=1S/C16H18N2S2/c1-12(2)8-16-18(13-6-4-3-5-7-13)10-15(20-16)14-9-17-11-19-14/h3-7,9-12,16H,8H2,1-2H3. The van der Waals surface area contributed by atoms with Gasteiger partial charge in [0.2, 0.25) is 0 Å². The average molecular weight is 302 g/mol. The van der Waals surface area contributed by atoms with Crippen molar-refractivity contribution in [3.05, 3.63) is 53.1 Å². The molecular weight excluding hydrogens is 284 g/mol. The Morgan fingerprint density at radius 2 is 2.05 bits per heavy atom. The Labute approximate surface area is 128 Å². The molecule has 1 atom stereocenters. The molecule has 1 aliphatic rings. The van der Waals surface area contributed by atoms with Crippen LogP contribution in [-0.4, -0.2) is 10.4 Å². The van der Waals surface area contributed by atoms with Crippen LogP contribution in [0.3, 0.4) is 0 Å². The van der Waals surface area contributed by atoms with Crippen LogP contribution in [0, 0.1) is 5.92 Å². The molecule has 0 aliphatic carbocycles. The summed E-state index contributed by atoms with van der Waals surface area (Å²) in [7, 11) is 0. The predicted octanol–water partition coefficient (Wildman–Crippen LogP) is 5.07. The number of benzene rings is 1. The van der Waals surface area contributed by atoms with Crippen LogP contribution in [0.15, 0.2) is 48.2 Å². The predicted molar refractivity (Wildman–Crippen MR) is 89.8 cm³/mol. The molecule has 0 fully saturated rings. The van der Waals surface area contributed by atoms with E-state index >= 15 is 0 Å². The molecule has 1 aliphatic heterocycles. The fraction of sp³-hybridized carbons (Fsp3) is 0.312. The van der Waals surface area contributed by atoms with Gasteiger partial charge in [0.15, 0.2) is 0 Å². The van der Waals surface area contributed by atoms with E-state index in [2.05, 4.69) is 60.3 Å². The monoisotopic (exact) mass is 302 g/mol. The second kappa shape index (κ2) is 6.02. The molecule has 2 nitrogen and oxygen atoms in total. The molecule has 3 rings (SSSR count). The van der Waals surface area contributed by atoms with Gasteiger partial charge in [0.25, 0.3) is 0 Å². The van der Waals surface area contributed by atoms with E-state index in [9.17, 15) is 0 Å². The zero-order valence-corrected chi connectivity index (χ0v) is 13.3. The summed E-state index contributed by atoms with van der Waals surface area (Å²) in [5, 5.41) is 0.481. The Hall–Kier alpha value is -1.26. The first-order chi connectivity index (χ1) is 9.74. The van der Waals surface area contributed by atoms with E-state index in [1.54, 1.807) is 11.3 Å². The van der Waals surface area contributed by atoms with Crippen molar-refractivity contribution in [2.75, 3.05) is 4.90 Å². The van der Waals surface area contributed by atoms with E-state index in [1.165, 1.54) is 21.9 Å². The van der Waals surface area contributed by atoms with E-state index in [0.29, 0.717) is 11.3 Å². The third-order valence-corrected chi connectivity index (χ3v) is 5.44. The maximum absolute atomic E-state index is 4.20. The number of thiazole rings is 1. The average Bonchev–Trinajstić information content (AvgIpc) is 3.08. The van der Waals surface area contributed by atoms with E-state index < -0.39 is 0 Å². The van der Waals surface area contributed by atoms with Gasteiger partial charge in [-0.05, 0) is 24.5 Å². The van der Waals surface area contributed by atoms with E-state index in [4.69, 9.17) is 0 Å². The van der Waals surface area contributed by atoms with Gasteiger partial charge in [0.05, 0.1) is 15.8 Å².